The third-order valence-electron chi connectivity index (χ3n) is 4.60. The Labute approximate surface area is 139 Å². The highest BCUT2D eigenvalue weighted by Crippen LogP contribution is 2.38. The molecule has 1 fully saturated rings. The maximum Gasteiger partial charge on any atom is 0.391 e. The molecule has 1 N–H and O–H groups in total. The second-order valence-corrected chi connectivity index (χ2v) is 6.57. The van der Waals surface area contributed by atoms with Crippen LogP contribution in [0, 0.1) is 5.92 Å². The van der Waals surface area contributed by atoms with E-state index in [0.29, 0.717) is 0 Å². The number of hydrogen-bond acceptors (Lipinski definition) is 3. The van der Waals surface area contributed by atoms with Crippen LogP contribution in [0.2, 0.25) is 0 Å². The van der Waals surface area contributed by atoms with Gasteiger partial charge in [0.05, 0.1) is 18.2 Å². The molecule has 0 aromatic carbocycles. The number of rotatable bonds is 3. The molecule has 2 aromatic heterocycles. The van der Waals surface area contributed by atoms with Gasteiger partial charge in [-0.15, -0.1) is 0 Å². The number of H-pyrrole nitrogens is 1. The quantitative estimate of drug-likeness (QED) is 0.847. The Morgan fingerprint density at radius 1 is 1.36 bits per heavy atom. The number of nitrogens with zero attached hydrogens (tertiary/aromatic N) is 3. The number of fused-ring (bicyclic) bond motifs is 1. The summed E-state index contributed by atoms with van der Waals surface area (Å²) in [6, 6.07) is -0.348. The van der Waals surface area contributed by atoms with Crippen molar-refractivity contribution in [2.75, 3.05) is 0 Å². The summed E-state index contributed by atoms with van der Waals surface area (Å²) < 4.78 is 66.2. The fourth-order valence-corrected chi connectivity index (χ4v) is 3.02. The smallest absolute Gasteiger partial charge is 0.310 e. The fraction of sp³-hybridized carbons (Fsp3) is 0.667. The van der Waals surface area contributed by atoms with Crippen LogP contribution in [0.4, 0.5) is 22.0 Å². The third kappa shape index (κ3) is 3.67. The van der Waals surface area contributed by atoms with Crippen LogP contribution in [0.15, 0.2) is 11.0 Å². The molecule has 0 radical (unpaired) electrons. The van der Waals surface area contributed by atoms with Crippen LogP contribution in [-0.2, 0) is 6.42 Å². The highest BCUT2D eigenvalue weighted by atomic mass is 19.4. The Bertz CT molecular complexity index is 815. The van der Waals surface area contributed by atoms with E-state index in [0.717, 1.165) is 6.92 Å². The third-order valence-corrected chi connectivity index (χ3v) is 4.60. The fourth-order valence-electron chi connectivity index (χ4n) is 3.02. The minimum absolute atomic E-state index is 0.0924. The topological polar surface area (TPSA) is 63.6 Å². The van der Waals surface area contributed by atoms with Crippen molar-refractivity contribution in [2.24, 2.45) is 5.92 Å². The average molecular weight is 364 g/mol. The van der Waals surface area contributed by atoms with E-state index in [1.165, 1.54) is 10.9 Å². The van der Waals surface area contributed by atoms with E-state index in [1.54, 1.807) is 0 Å². The number of nitrogens with one attached hydrogen (secondary N) is 1. The van der Waals surface area contributed by atoms with Crippen LogP contribution in [0.1, 0.15) is 44.5 Å². The van der Waals surface area contributed by atoms with Gasteiger partial charge >= 0.3 is 6.18 Å². The second-order valence-electron chi connectivity index (χ2n) is 6.57. The maximum atomic E-state index is 13.3. The lowest BCUT2D eigenvalue weighted by atomic mass is 9.92. The first-order valence-corrected chi connectivity index (χ1v) is 7.98. The van der Waals surface area contributed by atoms with Crippen LogP contribution in [0.3, 0.4) is 0 Å². The van der Waals surface area contributed by atoms with Crippen molar-refractivity contribution < 1.29 is 22.0 Å². The van der Waals surface area contributed by atoms with Gasteiger partial charge in [0, 0.05) is 19.3 Å². The molecule has 0 bridgehead atoms. The average Bonchev–Trinajstić information content (AvgIpc) is 2.90. The standard InChI is InChI=1S/C15H17F5N4O/c1-8(15(18,19)20)6-11-22-12-10(13(25)23-11)7-21-24(12)9-2-4-14(16,17)5-3-9/h7-9H,2-6H2,1H3,(H,22,23,25). The summed E-state index contributed by atoms with van der Waals surface area (Å²) in [7, 11) is 0. The Balaban J connectivity index is 1.93. The molecule has 3 rings (SSSR count). The molecule has 0 spiro atoms. The molecule has 1 aliphatic carbocycles. The van der Waals surface area contributed by atoms with Crippen LogP contribution in [0.25, 0.3) is 11.0 Å². The first kappa shape index (κ1) is 17.8. The van der Waals surface area contributed by atoms with Gasteiger partial charge in [0.1, 0.15) is 11.2 Å². The Morgan fingerprint density at radius 3 is 2.60 bits per heavy atom. The molecule has 25 heavy (non-hydrogen) atoms. The van der Waals surface area contributed by atoms with Crippen molar-refractivity contribution in [3.05, 3.63) is 22.4 Å². The molecule has 138 valence electrons. The molecular formula is C15H17F5N4O. The van der Waals surface area contributed by atoms with Gasteiger partial charge < -0.3 is 4.98 Å². The highest BCUT2D eigenvalue weighted by molar-refractivity contribution is 5.73. The summed E-state index contributed by atoms with van der Waals surface area (Å²) >= 11 is 0. The van der Waals surface area contributed by atoms with Crippen LogP contribution >= 0.6 is 0 Å². The van der Waals surface area contributed by atoms with E-state index < -0.39 is 30.0 Å². The number of halogens is 5. The number of aromatic amines is 1. The van der Waals surface area contributed by atoms with E-state index in [9.17, 15) is 26.7 Å². The first-order valence-electron chi connectivity index (χ1n) is 7.98. The summed E-state index contributed by atoms with van der Waals surface area (Å²) in [4.78, 5) is 18.5. The predicted molar refractivity (Wildman–Crippen MR) is 79.5 cm³/mol. The molecule has 1 unspecified atom stereocenters. The van der Waals surface area contributed by atoms with Crippen molar-refractivity contribution in [3.63, 3.8) is 0 Å². The van der Waals surface area contributed by atoms with Crippen LogP contribution in [0.5, 0.6) is 0 Å². The minimum Gasteiger partial charge on any atom is -0.310 e. The largest absolute Gasteiger partial charge is 0.391 e. The maximum absolute atomic E-state index is 13.3. The Hall–Kier alpha value is -2.00. The molecule has 2 heterocycles. The van der Waals surface area contributed by atoms with Crippen molar-refractivity contribution in [1.82, 2.24) is 19.7 Å². The van der Waals surface area contributed by atoms with Gasteiger partial charge in [0.15, 0.2) is 5.65 Å². The molecule has 1 saturated carbocycles. The molecule has 0 aliphatic heterocycles. The van der Waals surface area contributed by atoms with Gasteiger partial charge in [-0.2, -0.15) is 18.3 Å². The van der Waals surface area contributed by atoms with Gasteiger partial charge in [-0.25, -0.2) is 18.4 Å². The number of hydrogen-bond donors (Lipinski definition) is 1. The van der Waals surface area contributed by atoms with Crippen molar-refractivity contribution in [1.29, 1.82) is 0 Å². The summed E-state index contributed by atoms with van der Waals surface area (Å²) in [6.07, 6.45) is -3.84. The van der Waals surface area contributed by atoms with E-state index >= 15 is 0 Å². The number of alkyl halides is 5. The zero-order valence-electron chi connectivity index (χ0n) is 13.4. The lowest BCUT2D eigenvalue weighted by Gasteiger charge is -2.28. The SMILES string of the molecule is CC(Cc1nc2c(cnn2C2CCC(F)(F)CC2)c(=O)[nH]1)C(F)(F)F. The molecule has 1 aliphatic rings. The van der Waals surface area contributed by atoms with Gasteiger partial charge in [-0.3, -0.25) is 4.79 Å². The predicted octanol–water partition coefficient (Wildman–Crippen LogP) is 3.61. The van der Waals surface area contributed by atoms with Gasteiger partial charge in [0.2, 0.25) is 5.92 Å². The zero-order valence-corrected chi connectivity index (χ0v) is 13.4. The van der Waals surface area contributed by atoms with Gasteiger partial charge in [0.25, 0.3) is 5.56 Å². The lowest BCUT2D eigenvalue weighted by Crippen LogP contribution is -2.27. The molecular weight excluding hydrogens is 347 g/mol. The second kappa shape index (κ2) is 6.06. The summed E-state index contributed by atoms with van der Waals surface area (Å²) in [6.45, 7) is 1.00. The Kier molecular flexibility index (Phi) is 4.32. The first-order chi connectivity index (χ1) is 11.6. The van der Waals surface area contributed by atoms with Gasteiger partial charge in [-0.05, 0) is 12.8 Å². The van der Waals surface area contributed by atoms with Crippen molar-refractivity contribution >= 4 is 11.0 Å². The normalized spacial score (nSPS) is 20.1. The molecule has 2 aromatic rings. The van der Waals surface area contributed by atoms with E-state index in [2.05, 4.69) is 15.1 Å². The van der Waals surface area contributed by atoms with E-state index in [-0.39, 0.29) is 48.6 Å². The minimum atomic E-state index is -4.40. The highest BCUT2D eigenvalue weighted by Gasteiger charge is 2.37. The van der Waals surface area contributed by atoms with Crippen LogP contribution in [-0.4, -0.2) is 31.8 Å². The molecule has 0 saturated heterocycles. The number of aromatic nitrogens is 4. The Morgan fingerprint density at radius 2 is 2.00 bits per heavy atom. The zero-order chi connectivity index (χ0) is 18.4. The van der Waals surface area contributed by atoms with Crippen molar-refractivity contribution in [3.8, 4) is 0 Å². The summed E-state index contributed by atoms with van der Waals surface area (Å²) in [5.41, 5.74) is -0.440. The monoisotopic (exact) mass is 364 g/mol. The van der Waals surface area contributed by atoms with Crippen molar-refractivity contribution in [2.45, 2.75) is 57.2 Å². The molecule has 5 nitrogen and oxygen atoms in total. The lowest BCUT2D eigenvalue weighted by molar-refractivity contribution is -0.169. The van der Waals surface area contributed by atoms with Crippen LogP contribution < -0.4 is 5.56 Å². The van der Waals surface area contributed by atoms with Gasteiger partial charge in [-0.1, -0.05) is 6.92 Å². The summed E-state index contributed by atoms with van der Waals surface area (Å²) in [5, 5.41) is 4.20. The van der Waals surface area contributed by atoms with E-state index in [1.807, 2.05) is 0 Å². The molecule has 0 amide bonds. The summed E-state index contributed by atoms with van der Waals surface area (Å²) in [5.74, 6) is -4.47. The molecule has 1 atom stereocenters. The molecule has 10 heteroatoms. The van der Waals surface area contributed by atoms with E-state index in [4.69, 9.17) is 0 Å².